The van der Waals surface area contributed by atoms with Crippen LogP contribution >= 0.6 is 75.0 Å². The Hall–Kier alpha value is 1.45. The van der Waals surface area contributed by atoms with E-state index in [0.717, 1.165) is 0 Å². The van der Waals surface area contributed by atoms with Crippen LogP contribution in [-0.4, -0.2) is 0 Å². The van der Waals surface area contributed by atoms with Crippen molar-refractivity contribution in [1.29, 1.82) is 0 Å². The van der Waals surface area contributed by atoms with Crippen LogP contribution in [0.3, 0.4) is 0 Å². The van der Waals surface area contributed by atoms with E-state index in [1.165, 1.54) is 0 Å². The standard InChI is InChI=1S/C4H2Cl6NP/c5-1-2(6)4(8)12(9,10)11-3(1)7/h11-12H. The fraction of sp³-hybridized carbons (Fsp3) is 0. The molecule has 0 fully saturated rings. The number of halogens is 6. The van der Waals surface area contributed by atoms with Crippen molar-refractivity contribution >= 4 is 75.0 Å². The van der Waals surface area contributed by atoms with Crippen LogP contribution in [0.2, 0.25) is 0 Å². The predicted octanol–water partition coefficient (Wildman–Crippen LogP) is 4.86. The Kier molecular flexibility index (Phi) is 3.75. The molecule has 1 aliphatic heterocycles. The van der Waals surface area contributed by atoms with Crippen LogP contribution in [0.25, 0.3) is 0 Å². The van der Waals surface area contributed by atoms with Crippen molar-refractivity contribution in [3.63, 3.8) is 0 Å². The first-order chi connectivity index (χ1) is 5.36. The first kappa shape index (κ1) is 11.5. The molecule has 0 unspecified atom stereocenters. The molecule has 0 bridgehead atoms. The van der Waals surface area contributed by atoms with Gasteiger partial charge in [-0.1, -0.05) is 0 Å². The van der Waals surface area contributed by atoms with Gasteiger partial charge in [0.25, 0.3) is 0 Å². The molecule has 0 saturated heterocycles. The molecule has 0 aromatic heterocycles. The zero-order chi connectivity index (χ0) is 9.52. The number of allylic oxidation sites excluding steroid dienone is 2. The molecule has 0 aromatic carbocycles. The van der Waals surface area contributed by atoms with Crippen LogP contribution in [0, 0.1) is 0 Å². The molecule has 0 aromatic rings. The molecule has 0 saturated carbocycles. The van der Waals surface area contributed by atoms with Gasteiger partial charge in [-0.15, -0.1) is 0 Å². The summed E-state index contributed by atoms with van der Waals surface area (Å²) in [7, 11) is 0. The Morgan fingerprint density at radius 3 is 1.92 bits per heavy atom. The number of hydrogen-bond acceptors (Lipinski definition) is 1. The van der Waals surface area contributed by atoms with Crippen LogP contribution in [-0.2, 0) is 0 Å². The first-order valence-electron chi connectivity index (χ1n) is 2.63. The summed E-state index contributed by atoms with van der Waals surface area (Å²) in [4.78, 5) is 0. The zero-order valence-corrected chi connectivity index (χ0v) is 10.8. The number of hydrogen-bond donors (Lipinski definition) is 1. The Balaban J connectivity index is 3.20. The molecule has 8 heteroatoms. The van der Waals surface area contributed by atoms with Crippen LogP contribution in [0.1, 0.15) is 0 Å². The third-order valence-electron chi connectivity index (χ3n) is 1.12. The molecule has 1 N–H and O–H groups in total. The third-order valence-corrected chi connectivity index (χ3v) is 7.45. The minimum absolute atomic E-state index is 0.110. The molecule has 0 radical (unpaired) electrons. The van der Waals surface area contributed by atoms with E-state index in [2.05, 4.69) is 5.09 Å². The molecule has 0 spiro atoms. The molecule has 12 heavy (non-hydrogen) atoms. The fourth-order valence-electron chi connectivity index (χ4n) is 0.578. The first-order valence-corrected chi connectivity index (χ1v) is 8.17. The summed E-state index contributed by atoms with van der Waals surface area (Å²) in [6.07, 6.45) is -2.93. The van der Waals surface area contributed by atoms with E-state index >= 15 is 0 Å². The van der Waals surface area contributed by atoms with Gasteiger partial charge in [0, 0.05) is 0 Å². The van der Waals surface area contributed by atoms with Crippen LogP contribution in [0.4, 0.5) is 0 Å². The summed E-state index contributed by atoms with van der Waals surface area (Å²) in [6.45, 7) is 0. The molecule has 1 aliphatic rings. The fourth-order valence-corrected chi connectivity index (χ4v) is 4.88. The van der Waals surface area contributed by atoms with E-state index < -0.39 is 6.12 Å². The van der Waals surface area contributed by atoms with Crippen molar-refractivity contribution in [2.45, 2.75) is 0 Å². The van der Waals surface area contributed by atoms with Gasteiger partial charge in [-0.2, -0.15) is 0 Å². The van der Waals surface area contributed by atoms with Gasteiger partial charge in [0.2, 0.25) is 0 Å². The molecule has 1 nitrogen and oxygen atoms in total. The quantitative estimate of drug-likeness (QED) is 0.498. The third kappa shape index (κ3) is 2.09. The van der Waals surface area contributed by atoms with Crippen molar-refractivity contribution in [1.82, 2.24) is 5.09 Å². The van der Waals surface area contributed by atoms with Crippen molar-refractivity contribution in [2.24, 2.45) is 0 Å². The molecule has 0 atom stereocenters. The van der Waals surface area contributed by atoms with E-state index in [1.54, 1.807) is 0 Å². The maximum absolute atomic E-state index is 5.82. The van der Waals surface area contributed by atoms with Gasteiger partial charge >= 0.3 is 100 Å². The van der Waals surface area contributed by atoms with E-state index in [1.807, 2.05) is 0 Å². The van der Waals surface area contributed by atoms with Crippen LogP contribution in [0.5, 0.6) is 0 Å². The normalized spacial score (nSPS) is 25.5. The Morgan fingerprint density at radius 1 is 0.917 bits per heavy atom. The Labute approximate surface area is 99.5 Å². The summed E-state index contributed by atoms with van der Waals surface area (Å²) in [5.41, 5.74) is 0. The molecule has 1 heterocycles. The maximum atomic E-state index is 5.82. The zero-order valence-electron chi connectivity index (χ0n) is 5.27. The summed E-state index contributed by atoms with van der Waals surface area (Å²) >= 11 is 34.4. The second kappa shape index (κ2) is 3.90. The van der Waals surface area contributed by atoms with Crippen molar-refractivity contribution in [2.75, 3.05) is 0 Å². The Morgan fingerprint density at radius 2 is 1.42 bits per heavy atom. The Bertz CT molecular complexity index is 281. The van der Waals surface area contributed by atoms with E-state index in [-0.39, 0.29) is 20.0 Å². The second-order valence-electron chi connectivity index (χ2n) is 1.96. The van der Waals surface area contributed by atoms with Gasteiger partial charge in [-0.3, -0.25) is 0 Å². The van der Waals surface area contributed by atoms with Crippen LogP contribution < -0.4 is 5.09 Å². The van der Waals surface area contributed by atoms with Crippen molar-refractivity contribution < 1.29 is 0 Å². The van der Waals surface area contributed by atoms with E-state index in [9.17, 15) is 0 Å². The van der Waals surface area contributed by atoms with E-state index in [0.29, 0.717) is 0 Å². The van der Waals surface area contributed by atoms with Gasteiger partial charge in [-0.05, 0) is 0 Å². The molecule has 0 aliphatic carbocycles. The second-order valence-corrected chi connectivity index (χ2v) is 9.66. The molecular weight excluding hydrogens is 306 g/mol. The predicted molar refractivity (Wildman–Crippen MR) is 60.6 cm³/mol. The topological polar surface area (TPSA) is 12.0 Å². The summed E-state index contributed by atoms with van der Waals surface area (Å²) < 4.78 is 0.141. The molecule has 0 amide bonds. The van der Waals surface area contributed by atoms with Gasteiger partial charge < -0.3 is 0 Å². The van der Waals surface area contributed by atoms with Gasteiger partial charge in [0.05, 0.1) is 0 Å². The number of nitrogens with one attached hydrogen (secondary N) is 1. The van der Waals surface area contributed by atoms with Crippen molar-refractivity contribution in [3.8, 4) is 0 Å². The monoisotopic (exact) mass is 305 g/mol. The summed E-state index contributed by atoms with van der Waals surface area (Å²) in [5, 5.41) is 2.96. The summed E-state index contributed by atoms with van der Waals surface area (Å²) in [6, 6.07) is 0. The van der Waals surface area contributed by atoms with Gasteiger partial charge in [0.15, 0.2) is 0 Å². The van der Waals surface area contributed by atoms with Crippen molar-refractivity contribution in [3.05, 3.63) is 20.0 Å². The SMILES string of the molecule is ClC1=C(Cl)C(Cl)=C(Cl)[PH](Cl)(Cl)N1. The average Bonchev–Trinajstić information content (AvgIpc) is 1.97. The number of rotatable bonds is 0. The molecular formula is C4H2Cl6NP. The van der Waals surface area contributed by atoms with Gasteiger partial charge in [0.1, 0.15) is 0 Å². The van der Waals surface area contributed by atoms with Crippen LogP contribution in [0.15, 0.2) is 20.0 Å². The van der Waals surface area contributed by atoms with Gasteiger partial charge in [-0.25, -0.2) is 0 Å². The van der Waals surface area contributed by atoms with E-state index in [4.69, 9.17) is 68.9 Å². The molecule has 70 valence electrons. The average molecular weight is 308 g/mol. The minimum atomic E-state index is -2.93. The summed E-state index contributed by atoms with van der Waals surface area (Å²) in [5.74, 6) is 0. The molecule has 1 rings (SSSR count).